The van der Waals surface area contributed by atoms with Gasteiger partial charge in [-0.1, -0.05) is 13.3 Å². The van der Waals surface area contributed by atoms with Crippen LogP contribution in [0.1, 0.15) is 39.5 Å². The van der Waals surface area contributed by atoms with E-state index in [-0.39, 0.29) is 0 Å². The van der Waals surface area contributed by atoms with Gasteiger partial charge in [0.15, 0.2) is 0 Å². The van der Waals surface area contributed by atoms with Crippen LogP contribution >= 0.6 is 11.8 Å². The largest absolute Gasteiger partial charge is 0.381 e. The van der Waals surface area contributed by atoms with Crippen LogP contribution < -0.4 is 5.32 Å². The number of rotatable bonds is 5. The fourth-order valence-corrected chi connectivity index (χ4v) is 4.16. The summed E-state index contributed by atoms with van der Waals surface area (Å²) in [5.74, 6) is 2.00. The lowest BCUT2D eigenvalue weighted by Crippen LogP contribution is -2.44. The summed E-state index contributed by atoms with van der Waals surface area (Å²) in [5, 5.41) is 4.71. The van der Waals surface area contributed by atoms with Gasteiger partial charge in [0, 0.05) is 23.9 Å². The molecule has 4 atom stereocenters. The summed E-state index contributed by atoms with van der Waals surface area (Å²) in [6.45, 7) is 6.54. The fraction of sp³-hybridized carbons (Fsp3) is 1.00. The molecule has 0 aromatic carbocycles. The average Bonchev–Trinajstić information content (AvgIpc) is 2.90. The van der Waals surface area contributed by atoms with Gasteiger partial charge >= 0.3 is 0 Å². The maximum Gasteiger partial charge on any atom is 0.0509 e. The Morgan fingerprint density at radius 1 is 1.38 bits per heavy atom. The molecule has 0 spiro atoms. The highest BCUT2D eigenvalue weighted by atomic mass is 32.2. The second kappa shape index (κ2) is 6.27. The molecule has 2 rings (SSSR count). The van der Waals surface area contributed by atoms with Gasteiger partial charge in [-0.2, -0.15) is 11.8 Å². The van der Waals surface area contributed by atoms with Gasteiger partial charge in [-0.05, 0) is 37.9 Å². The van der Waals surface area contributed by atoms with Crippen LogP contribution in [0.2, 0.25) is 0 Å². The molecule has 1 aliphatic carbocycles. The first-order valence-corrected chi connectivity index (χ1v) is 7.81. The molecule has 94 valence electrons. The van der Waals surface area contributed by atoms with E-state index in [0.29, 0.717) is 6.04 Å². The standard InChI is InChI=1S/C13H25NOS/c1-3-16-13-6-4-5-12(13)14-10(2)11-7-8-15-9-11/h10-14H,3-9H2,1-2H3. The summed E-state index contributed by atoms with van der Waals surface area (Å²) >= 11 is 2.14. The van der Waals surface area contributed by atoms with Crippen molar-refractivity contribution in [1.82, 2.24) is 5.32 Å². The molecule has 1 N–H and O–H groups in total. The smallest absolute Gasteiger partial charge is 0.0509 e. The quantitative estimate of drug-likeness (QED) is 0.802. The van der Waals surface area contributed by atoms with Crippen molar-refractivity contribution >= 4 is 11.8 Å². The molecule has 0 bridgehead atoms. The Labute approximate surface area is 104 Å². The zero-order valence-corrected chi connectivity index (χ0v) is 11.4. The number of hydrogen-bond donors (Lipinski definition) is 1. The van der Waals surface area contributed by atoms with Crippen molar-refractivity contribution in [2.75, 3.05) is 19.0 Å². The van der Waals surface area contributed by atoms with Crippen molar-refractivity contribution in [1.29, 1.82) is 0 Å². The van der Waals surface area contributed by atoms with E-state index in [0.717, 1.165) is 30.4 Å². The first-order valence-electron chi connectivity index (χ1n) is 6.76. The van der Waals surface area contributed by atoms with E-state index in [2.05, 4.69) is 30.9 Å². The minimum absolute atomic E-state index is 0.630. The van der Waals surface area contributed by atoms with Gasteiger partial charge < -0.3 is 10.1 Å². The lowest BCUT2D eigenvalue weighted by atomic mass is 9.99. The Hall–Kier alpha value is 0.270. The molecule has 1 aliphatic heterocycles. The lowest BCUT2D eigenvalue weighted by Gasteiger charge is -2.27. The first kappa shape index (κ1) is 12.7. The van der Waals surface area contributed by atoms with Crippen molar-refractivity contribution in [3.8, 4) is 0 Å². The van der Waals surface area contributed by atoms with Crippen LogP contribution in [0.25, 0.3) is 0 Å². The minimum Gasteiger partial charge on any atom is -0.381 e. The zero-order valence-electron chi connectivity index (χ0n) is 10.6. The molecule has 0 aromatic heterocycles. The van der Waals surface area contributed by atoms with E-state index in [4.69, 9.17) is 4.74 Å². The van der Waals surface area contributed by atoms with Gasteiger partial charge in [-0.25, -0.2) is 0 Å². The van der Waals surface area contributed by atoms with Crippen molar-refractivity contribution < 1.29 is 4.74 Å². The van der Waals surface area contributed by atoms with Crippen LogP contribution in [0.5, 0.6) is 0 Å². The predicted molar refractivity (Wildman–Crippen MR) is 71.1 cm³/mol. The Morgan fingerprint density at radius 2 is 2.25 bits per heavy atom. The van der Waals surface area contributed by atoms with Crippen LogP contribution in [0.3, 0.4) is 0 Å². The molecule has 2 nitrogen and oxygen atoms in total. The van der Waals surface area contributed by atoms with Gasteiger partial charge in [0.2, 0.25) is 0 Å². The highest BCUT2D eigenvalue weighted by molar-refractivity contribution is 7.99. The van der Waals surface area contributed by atoms with Crippen molar-refractivity contribution in [3.63, 3.8) is 0 Å². The summed E-state index contributed by atoms with van der Waals surface area (Å²) in [4.78, 5) is 0. The summed E-state index contributed by atoms with van der Waals surface area (Å²) in [7, 11) is 0. The van der Waals surface area contributed by atoms with Gasteiger partial charge in [-0.15, -0.1) is 0 Å². The second-order valence-electron chi connectivity index (χ2n) is 5.11. The number of nitrogens with one attached hydrogen (secondary N) is 1. The molecule has 1 heterocycles. The van der Waals surface area contributed by atoms with Crippen LogP contribution in [0.4, 0.5) is 0 Å². The summed E-state index contributed by atoms with van der Waals surface area (Å²) in [6, 6.07) is 1.38. The SMILES string of the molecule is CCSC1CCCC1NC(C)C1CCOC1. The Balaban J connectivity index is 1.78. The second-order valence-corrected chi connectivity index (χ2v) is 6.63. The number of ether oxygens (including phenoxy) is 1. The molecule has 2 aliphatic rings. The minimum atomic E-state index is 0.630. The molecule has 3 heteroatoms. The maximum absolute atomic E-state index is 5.47. The average molecular weight is 243 g/mol. The molecule has 4 unspecified atom stereocenters. The van der Waals surface area contributed by atoms with Crippen molar-refractivity contribution in [2.45, 2.75) is 56.9 Å². The van der Waals surface area contributed by atoms with Crippen LogP contribution in [-0.4, -0.2) is 36.3 Å². The maximum atomic E-state index is 5.47. The van der Waals surface area contributed by atoms with E-state index >= 15 is 0 Å². The van der Waals surface area contributed by atoms with Gasteiger partial charge in [0.05, 0.1) is 6.61 Å². The Bertz CT molecular complexity index is 206. The molecule has 16 heavy (non-hydrogen) atoms. The zero-order chi connectivity index (χ0) is 11.4. The third-order valence-corrected chi connectivity index (χ3v) is 5.31. The summed E-state index contributed by atoms with van der Waals surface area (Å²) in [5.41, 5.74) is 0. The Kier molecular flexibility index (Phi) is 4.98. The fourth-order valence-electron chi connectivity index (χ4n) is 2.95. The van der Waals surface area contributed by atoms with Gasteiger partial charge in [0.25, 0.3) is 0 Å². The summed E-state index contributed by atoms with van der Waals surface area (Å²) in [6.07, 6.45) is 5.43. The van der Waals surface area contributed by atoms with Crippen LogP contribution in [-0.2, 0) is 4.74 Å². The topological polar surface area (TPSA) is 21.3 Å². The highest BCUT2D eigenvalue weighted by Gasteiger charge is 2.30. The third-order valence-electron chi connectivity index (χ3n) is 3.98. The van der Waals surface area contributed by atoms with E-state index < -0.39 is 0 Å². The molecule has 0 aromatic rings. The normalized spacial score (nSPS) is 36.8. The van der Waals surface area contributed by atoms with E-state index in [9.17, 15) is 0 Å². The first-order chi connectivity index (χ1) is 7.81. The highest BCUT2D eigenvalue weighted by Crippen LogP contribution is 2.31. The molecular formula is C13H25NOS. The molecule has 0 radical (unpaired) electrons. The van der Waals surface area contributed by atoms with Crippen molar-refractivity contribution in [2.24, 2.45) is 5.92 Å². The van der Waals surface area contributed by atoms with Gasteiger partial charge in [0.1, 0.15) is 0 Å². The molecule has 1 saturated heterocycles. The number of thioether (sulfide) groups is 1. The number of hydrogen-bond acceptors (Lipinski definition) is 3. The lowest BCUT2D eigenvalue weighted by molar-refractivity contribution is 0.176. The van der Waals surface area contributed by atoms with E-state index in [1.54, 1.807) is 0 Å². The van der Waals surface area contributed by atoms with Crippen molar-refractivity contribution in [3.05, 3.63) is 0 Å². The molecule has 0 amide bonds. The van der Waals surface area contributed by atoms with Crippen LogP contribution in [0.15, 0.2) is 0 Å². The van der Waals surface area contributed by atoms with Crippen LogP contribution in [0, 0.1) is 5.92 Å². The molecule has 2 fully saturated rings. The third kappa shape index (κ3) is 3.14. The monoisotopic (exact) mass is 243 g/mol. The Morgan fingerprint density at radius 3 is 2.94 bits per heavy atom. The summed E-state index contributed by atoms with van der Waals surface area (Å²) < 4.78 is 5.47. The van der Waals surface area contributed by atoms with Gasteiger partial charge in [-0.3, -0.25) is 0 Å². The van der Waals surface area contributed by atoms with E-state index in [1.807, 2.05) is 0 Å². The molecule has 1 saturated carbocycles. The van der Waals surface area contributed by atoms with E-state index in [1.165, 1.54) is 31.4 Å². The predicted octanol–water partition coefficient (Wildman–Crippen LogP) is 2.68. The molecular weight excluding hydrogens is 218 g/mol.